The number of hydrogen-bond donors (Lipinski definition) is 8. The summed E-state index contributed by atoms with van der Waals surface area (Å²) in [5, 5.41) is 42.9. The topological polar surface area (TPSA) is 255 Å². The number of hydrazine groups is 4. The molecule has 0 aliphatic carbocycles. The second-order valence-corrected chi connectivity index (χ2v) is 9.99. The standard InChI is InChI=1S/C28H26N12O8/c41-25(20-7-9-23-31-35-37-39(23)33-20)29-19-6-4-15(13-18(19)28(45)46)47-11-1-2-12-48-16-3-5-17(27(43)44)22(14-16)30-26(42)21-8-10-24-32-36-38-40(24)34-21/h3-10,13-14,35-38H,1-2,11-12H2,(H,29,41)(H,30,42)(H,43,44)(H,45,46). The number of hydrazone groups is 4. The molecule has 20 heteroatoms. The van der Waals surface area contributed by atoms with Crippen molar-refractivity contribution in [3.63, 3.8) is 0 Å². The number of carboxylic acid groups (broad SMARTS) is 2. The minimum atomic E-state index is -1.26. The Balaban J connectivity index is 0.982. The van der Waals surface area contributed by atoms with E-state index in [4.69, 9.17) is 9.47 Å². The van der Waals surface area contributed by atoms with Gasteiger partial charge in [0, 0.05) is 6.07 Å². The van der Waals surface area contributed by atoms with Crippen LogP contribution < -0.4 is 42.2 Å². The van der Waals surface area contributed by atoms with Gasteiger partial charge in [0.2, 0.25) is 0 Å². The summed E-state index contributed by atoms with van der Waals surface area (Å²) in [5.41, 5.74) is 10.0. The Morgan fingerprint density at radius 3 is 1.75 bits per heavy atom. The minimum Gasteiger partial charge on any atom is -0.494 e. The van der Waals surface area contributed by atoms with Crippen LogP contribution in [0.25, 0.3) is 0 Å². The number of amides is 2. The molecule has 4 aliphatic heterocycles. The molecular weight excluding hydrogens is 632 g/mol. The molecule has 4 aliphatic rings. The number of carbonyl (C=O) groups is 4. The van der Waals surface area contributed by atoms with Crippen LogP contribution in [0.2, 0.25) is 0 Å². The maximum Gasteiger partial charge on any atom is 0.337 e. The fourth-order valence-corrected chi connectivity index (χ4v) is 4.43. The van der Waals surface area contributed by atoms with Crippen LogP contribution in [0.4, 0.5) is 11.4 Å². The van der Waals surface area contributed by atoms with Crippen molar-refractivity contribution in [1.29, 1.82) is 0 Å². The number of unbranched alkanes of at least 4 members (excludes halogenated alkanes) is 1. The zero-order valence-electron chi connectivity index (χ0n) is 24.6. The van der Waals surface area contributed by atoms with Crippen molar-refractivity contribution in [2.75, 3.05) is 23.8 Å². The SMILES string of the molecule is O=C(Nc1cc(OCCCCOc2ccc(NC(=O)C3=NN4NNN=C4C=C3)c(C(=O)O)c2)ccc1C(=O)O)C1=NN2NNN=C2C=C1. The van der Waals surface area contributed by atoms with Crippen LogP contribution in [0, 0.1) is 0 Å². The molecule has 0 spiro atoms. The van der Waals surface area contributed by atoms with E-state index in [1.807, 2.05) is 0 Å². The van der Waals surface area contributed by atoms with Crippen molar-refractivity contribution in [3.8, 4) is 11.5 Å². The minimum absolute atomic E-state index is 0.0154. The molecule has 48 heavy (non-hydrogen) atoms. The summed E-state index contributed by atoms with van der Waals surface area (Å²) in [5.74, 6) is -2.24. The van der Waals surface area contributed by atoms with Crippen LogP contribution in [0.1, 0.15) is 33.6 Å². The van der Waals surface area contributed by atoms with Crippen molar-refractivity contribution >= 4 is 58.2 Å². The largest absolute Gasteiger partial charge is 0.494 e. The average molecular weight is 659 g/mol. The lowest BCUT2D eigenvalue weighted by Crippen LogP contribution is -2.40. The molecular formula is C28H26N12O8. The van der Waals surface area contributed by atoms with Gasteiger partial charge in [-0.2, -0.15) is 10.2 Å². The van der Waals surface area contributed by atoms with Gasteiger partial charge in [0.1, 0.15) is 11.5 Å². The highest BCUT2D eigenvalue weighted by Gasteiger charge is 2.24. The third-order valence-corrected chi connectivity index (χ3v) is 6.76. The fourth-order valence-electron chi connectivity index (χ4n) is 4.43. The number of benzene rings is 2. The smallest absolute Gasteiger partial charge is 0.337 e. The highest BCUT2D eigenvalue weighted by Crippen LogP contribution is 2.25. The lowest BCUT2D eigenvalue weighted by atomic mass is 10.1. The lowest BCUT2D eigenvalue weighted by Gasteiger charge is -2.16. The summed E-state index contributed by atoms with van der Waals surface area (Å²) in [4.78, 5) is 49.1. The van der Waals surface area contributed by atoms with Gasteiger partial charge in [-0.3, -0.25) is 9.59 Å². The Hall–Kier alpha value is -6.80. The number of ether oxygens (including phenoxy) is 2. The van der Waals surface area contributed by atoms with Gasteiger partial charge in [0.15, 0.2) is 23.1 Å². The quantitative estimate of drug-likeness (QED) is 0.135. The monoisotopic (exact) mass is 658 g/mol. The van der Waals surface area contributed by atoms with Crippen molar-refractivity contribution in [2.24, 2.45) is 20.4 Å². The molecule has 2 aromatic carbocycles. The van der Waals surface area contributed by atoms with E-state index in [9.17, 15) is 29.4 Å². The van der Waals surface area contributed by atoms with Crippen LogP contribution >= 0.6 is 0 Å². The molecule has 0 saturated carbocycles. The number of nitrogens with one attached hydrogen (secondary N) is 6. The van der Waals surface area contributed by atoms with Gasteiger partial charge >= 0.3 is 11.9 Å². The number of anilines is 2. The number of aromatic carboxylic acids is 2. The summed E-state index contributed by atoms with van der Waals surface area (Å²) < 4.78 is 11.5. The highest BCUT2D eigenvalue weighted by atomic mass is 16.5. The van der Waals surface area contributed by atoms with Crippen molar-refractivity contribution in [1.82, 2.24) is 32.4 Å². The van der Waals surface area contributed by atoms with E-state index in [0.29, 0.717) is 30.3 Å². The first-order chi connectivity index (χ1) is 23.2. The molecule has 2 aromatic rings. The molecule has 6 rings (SSSR count). The van der Waals surface area contributed by atoms with E-state index >= 15 is 0 Å². The zero-order chi connectivity index (χ0) is 33.6. The first kappa shape index (κ1) is 31.2. The van der Waals surface area contributed by atoms with Crippen molar-refractivity contribution in [3.05, 3.63) is 71.8 Å². The second-order valence-electron chi connectivity index (χ2n) is 9.99. The van der Waals surface area contributed by atoms with E-state index < -0.39 is 23.8 Å². The van der Waals surface area contributed by atoms with Crippen LogP contribution in [0.15, 0.2) is 81.1 Å². The summed E-state index contributed by atoms with van der Waals surface area (Å²) in [6.45, 7) is 0.480. The van der Waals surface area contributed by atoms with Crippen LogP contribution in [-0.4, -0.2) is 80.5 Å². The Kier molecular flexibility index (Phi) is 8.89. The average Bonchev–Trinajstić information content (AvgIpc) is 3.75. The van der Waals surface area contributed by atoms with Gasteiger partial charge in [-0.05, 0) is 67.5 Å². The summed E-state index contributed by atoms with van der Waals surface area (Å²) in [6, 6.07) is 8.48. The Labute approximate surface area is 270 Å². The second kappa shape index (κ2) is 13.7. The predicted molar refractivity (Wildman–Crippen MR) is 169 cm³/mol. The van der Waals surface area contributed by atoms with E-state index in [1.54, 1.807) is 12.2 Å². The zero-order valence-corrected chi connectivity index (χ0v) is 24.6. The van der Waals surface area contributed by atoms with Gasteiger partial charge in [0.25, 0.3) is 11.8 Å². The van der Waals surface area contributed by atoms with Gasteiger partial charge in [-0.15, -0.1) is 31.5 Å². The van der Waals surface area contributed by atoms with Crippen molar-refractivity contribution in [2.45, 2.75) is 12.8 Å². The fraction of sp³-hybridized carbons (Fsp3) is 0.143. The number of carbonyl (C=O) groups excluding carboxylic acids is 2. The molecule has 0 atom stereocenters. The van der Waals surface area contributed by atoms with E-state index in [2.05, 4.69) is 53.2 Å². The van der Waals surface area contributed by atoms with Crippen LogP contribution in [0.5, 0.6) is 11.5 Å². The molecule has 8 N–H and O–H groups in total. The van der Waals surface area contributed by atoms with Crippen LogP contribution in [0.3, 0.4) is 0 Å². The molecule has 0 aromatic heterocycles. The molecule has 20 nitrogen and oxygen atoms in total. The number of rotatable bonds is 13. The Bertz CT molecular complexity index is 1870. The predicted octanol–water partition coefficient (Wildman–Crippen LogP) is 0.326. The third kappa shape index (κ3) is 7.03. The third-order valence-electron chi connectivity index (χ3n) is 6.76. The number of carboxylic acids is 2. The van der Waals surface area contributed by atoms with Gasteiger partial charge < -0.3 is 30.3 Å². The van der Waals surface area contributed by atoms with Gasteiger partial charge in [-0.1, -0.05) is 0 Å². The molecule has 0 radical (unpaired) electrons. The maximum atomic E-state index is 12.8. The molecule has 0 fully saturated rings. The number of hydrogen-bond acceptors (Lipinski definition) is 16. The number of amidine groups is 2. The van der Waals surface area contributed by atoms with Crippen molar-refractivity contribution < 1.29 is 38.9 Å². The highest BCUT2D eigenvalue weighted by molar-refractivity contribution is 6.48. The Morgan fingerprint density at radius 2 is 1.19 bits per heavy atom. The molecule has 0 unspecified atom stereocenters. The van der Waals surface area contributed by atoms with E-state index in [0.717, 1.165) is 0 Å². The first-order valence-electron chi connectivity index (χ1n) is 14.2. The summed E-state index contributed by atoms with van der Waals surface area (Å²) in [6.07, 6.45) is 7.07. The molecule has 0 bridgehead atoms. The molecule has 2 amide bonds. The number of fused-ring (bicyclic) bond motifs is 2. The Morgan fingerprint density at radius 1 is 0.667 bits per heavy atom. The van der Waals surface area contributed by atoms with Gasteiger partial charge in [0.05, 0.1) is 35.7 Å². The summed E-state index contributed by atoms with van der Waals surface area (Å²) >= 11 is 0. The normalized spacial score (nSPS) is 15.5. The maximum absolute atomic E-state index is 12.8. The number of nitrogens with zero attached hydrogens (tertiary/aromatic N) is 6. The molecule has 4 heterocycles. The van der Waals surface area contributed by atoms with Gasteiger partial charge in [-0.25, -0.2) is 20.7 Å². The van der Waals surface area contributed by atoms with Crippen LogP contribution in [-0.2, 0) is 9.59 Å². The van der Waals surface area contributed by atoms with E-state index in [1.165, 1.54) is 58.8 Å². The summed E-state index contributed by atoms with van der Waals surface area (Å²) in [7, 11) is 0. The molecule has 246 valence electrons. The lowest BCUT2D eigenvalue weighted by molar-refractivity contribution is -0.111. The van der Waals surface area contributed by atoms with E-state index in [-0.39, 0.29) is 52.9 Å². The molecule has 0 saturated heterocycles. The first-order valence-corrected chi connectivity index (χ1v) is 14.2.